The van der Waals surface area contributed by atoms with Gasteiger partial charge in [-0.1, -0.05) is 56.2 Å². The van der Waals surface area contributed by atoms with E-state index in [9.17, 15) is 9.59 Å². The van der Waals surface area contributed by atoms with Gasteiger partial charge in [0.1, 0.15) is 19.8 Å². The Labute approximate surface area is 130 Å². The molecule has 0 saturated carbocycles. The number of carbonyl (C=O) groups is 2. The Hall–Kier alpha value is -2.82. The summed E-state index contributed by atoms with van der Waals surface area (Å²) >= 11 is 0. The molecule has 0 heterocycles. The summed E-state index contributed by atoms with van der Waals surface area (Å²) < 4.78 is 13.8. The zero-order valence-electron chi connectivity index (χ0n) is 12.4. The molecule has 5 nitrogen and oxygen atoms in total. The zero-order chi connectivity index (χ0) is 16.6. The Morgan fingerprint density at radius 3 is 1.73 bits per heavy atom. The van der Waals surface area contributed by atoms with Crippen LogP contribution in [0.1, 0.15) is 10.4 Å². The van der Waals surface area contributed by atoms with Gasteiger partial charge < -0.3 is 14.2 Å². The number of esters is 1. The van der Waals surface area contributed by atoms with Crippen LogP contribution in [-0.2, 0) is 14.2 Å². The van der Waals surface area contributed by atoms with Crippen LogP contribution in [0.15, 0.2) is 68.3 Å². The van der Waals surface area contributed by atoms with Crippen molar-refractivity contribution in [2.45, 2.75) is 0 Å². The summed E-state index contributed by atoms with van der Waals surface area (Å²) in [5.74, 6) is -0.310. The van der Waals surface area contributed by atoms with Crippen molar-refractivity contribution in [3.8, 4) is 0 Å². The van der Waals surface area contributed by atoms with Gasteiger partial charge in [0.05, 0.1) is 5.56 Å². The van der Waals surface area contributed by atoms with E-state index < -0.39 is 6.16 Å². The summed E-state index contributed by atoms with van der Waals surface area (Å²) in [6.45, 7) is 10.8. The van der Waals surface area contributed by atoms with E-state index in [2.05, 4.69) is 29.2 Å². The molecule has 0 spiro atoms. The topological polar surface area (TPSA) is 61.8 Å². The third-order valence-electron chi connectivity index (χ3n) is 1.98. The molecule has 22 heavy (non-hydrogen) atoms. The molecule has 0 aliphatic carbocycles. The van der Waals surface area contributed by atoms with Crippen molar-refractivity contribution < 1.29 is 23.8 Å². The highest BCUT2D eigenvalue weighted by Gasteiger charge is 2.03. The maximum Gasteiger partial charge on any atom is 0.508 e. The van der Waals surface area contributed by atoms with Crippen LogP contribution in [0.25, 0.3) is 0 Å². The Morgan fingerprint density at radius 2 is 1.27 bits per heavy atom. The number of hydrogen-bond acceptors (Lipinski definition) is 5. The SMILES string of the molecule is C=CCOC(=O)OCC=C.C=CCOC(=O)c1ccccc1. The Bertz CT molecular complexity index is 465. The second-order valence-corrected chi connectivity index (χ2v) is 3.70. The third-order valence-corrected chi connectivity index (χ3v) is 1.98. The lowest BCUT2D eigenvalue weighted by molar-refractivity contribution is 0.0549. The van der Waals surface area contributed by atoms with Gasteiger partial charge in [-0.2, -0.15) is 0 Å². The second kappa shape index (κ2) is 13.2. The summed E-state index contributed by atoms with van der Waals surface area (Å²) in [4.78, 5) is 21.6. The summed E-state index contributed by atoms with van der Waals surface area (Å²) in [5.41, 5.74) is 0.569. The molecule has 118 valence electrons. The lowest BCUT2D eigenvalue weighted by Crippen LogP contribution is -2.06. The normalized spacial score (nSPS) is 8.55. The van der Waals surface area contributed by atoms with Gasteiger partial charge in [0.25, 0.3) is 0 Å². The number of hydrogen-bond donors (Lipinski definition) is 0. The van der Waals surface area contributed by atoms with Crippen LogP contribution in [0.5, 0.6) is 0 Å². The third kappa shape index (κ3) is 10.0. The molecule has 0 aliphatic heterocycles. The number of carbonyl (C=O) groups excluding carboxylic acids is 2. The summed E-state index contributed by atoms with van der Waals surface area (Å²) in [7, 11) is 0. The largest absolute Gasteiger partial charge is 0.508 e. The van der Waals surface area contributed by atoms with Crippen LogP contribution in [0.2, 0.25) is 0 Å². The fourth-order valence-corrected chi connectivity index (χ4v) is 1.09. The van der Waals surface area contributed by atoms with E-state index in [1.54, 1.807) is 30.3 Å². The average molecular weight is 304 g/mol. The Morgan fingerprint density at radius 1 is 0.818 bits per heavy atom. The van der Waals surface area contributed by atoms with Crippen molar-refractivity contribution in [1.29, 1.82) is 0 Å². The Balaban J connectivity index is 0.000000409. The minimum atomic E-state index is -0.695. The highest BCUT2D eigenvalue weighted by Crippen LogP contribution is 2.00. The molecular formula is C17H20O5. The fourth-order valence-electron chi connectivity index (χ4n) is 1.09. The molecule has 5 heteroatoms. The van der Waals surface area contributed by atoms with Gasteiger partial charge in [-0.05, 0) is 12.1 Å². The Kier molecular flexibility index (Phi) is 11.5. The first kappa shape index (κ1) is 19.2. The molecule has 0 atom stereocenters. The van der Waals surface area contributed by atoms with Gasteiger partial charge in [0.2, 0.25) is 0 Å². The summed E-state index contributed by atoms with van der Waals surface area (Å²) in [5, 5.41) is 0. The van der Waals surface area contributed by atoms with Crippen molar-refractivity contribution in [2.75, 3.05) is 19.8 Å². The van der Waals surface area contributed by atoms with Gasteiger partial charge >= 0.3 is 12.1 Å². The van der Waals surface area contributed by atoms with Crippen molar-refractivity contribution >= 4 is 12.1 Å². The average Bonchev–Trinajstić information content (AvgIpc) is 2.57. The highest BCUT2D eigenvalue weighted by molar-refractivity contribution is 5.89. The smallest absolute Gasteiger partial charge is 0.458 e. The minimum Gasteiger partial charge on any atom is -0.458 e. The number of benzene rings is 1. The molecule has 0 unspecified atom stereocenters. The molecule has 0 fully saturated rings. The molecular weight excluding hydrogens is 284 g/mol. The number of ether oxygens (including phenoxy) is 3. The molecule has 1 aromatic rings. The molecule has 0 aromatic heterocycles. The standard InChI is InChI=1S/C10H10O2.C7H10O3/c1-2-8-12-10(11)9-6-4-3-5-7-9;1-3-5-9-7(8)10-6-4-2/h2-7H,1,8H2;3-4H,1-2,5-6H2. The molecule has 0 bridgehead atoms. The van der Waals surface area contributed by atoms with Crippen molar-refractivity contribution in [3.63, 3.8) is 0 Å². The van der Waals surface area contributed by atoms with E-state index in [0.717, 1.165) is 0 Å². The molecule has 1 aromatic carbocycles. The van der Waals surface area contributed by atoms with E-state index >= 15 is 0 Å². The first-order valence-electron chi connectivity index (χ1n) is 6.50. The molecule has 0 saturated heterocycles. The number of rotatable bonds is 7. The van der Waals surface area contributed by atoms with Gasteiger partial charge in [0, 0.05) is 0 Å². The molecule has 0 N–H and O–H groups in total. The van der Waals surface area contributed by atoms with Crippen molar-refractivity contribution in [1.82, 2.24) is 0 Å². The lowest BCUT2D eigenvalue weighted by atomic mass is 10.2. The van der Waals surface area contributed by atoms with E-state index in [1.807, 2.05) is 6.07 Å². The van der Waals surface area contributed by atoms with Crippen LogP contribution in [0.4, 0.5) is 4.79 Å². The zero-order valence-corrected chi connectivity index (χ0v) is 12.4. The maximum atomic E-state index is 11.1. The van der Waals surface area contributed by atoms with E-state index in [0.29, 0.717) is 5.56 Å². The summed E-state index contributed by atoms with van der Waals surface area (Å²) in [6.07, 6.45) is 3.78. The molecule has 0 amide bonds. The summed E-state index contributed by atoms with van der Waals surface area (Å²) in [6, 6.07) is 8.87. The van der Waals surface area contributed by atoms with Crippen LogP contribution in [0.3, 0.4) is 0 Å². The monoisotopic (exact) mass is 304 g/mol. The van der Waals surface area contributed by atoms with E-state index in [1.165, 1.54) is 12.2 Å². The minimum absolute atomic E-state index is 0.177. The van der Waals surface area contributed by atoms with Gasteiger partial charge in [-0.15, -0.1) is 0 Å². The predicted octanol–water partition coefficient (Wildman–Crippen LogP) is 3.54. The van der Waals surface area contributed by atoms with Gasteiger partial charge in [-0.25, -0.2) is 9.59 Å². The highest BCUT2D eigenvalue weighted by atomic mass is 16.7. The van der Waals surface area contributed by atoms with Crippen LogP contribution in [-0.4, -0.2) is 31.9 Å². The first-order valence-corrected chi connectivity index (χ1v) is 6.50. The molecule has 0 radical (unpaired) electrons. The quantitative estimate of drug-likeness (QED) is 0.569. The first-order chi connectivity index (χ1) is 10.7. The molecule has 1 rings (SSSR count). The van der Waals surface area contributed by atoms with Gasteiger partial charge in [0.15, 0.2) is 0 Å². The van der Waals surface area contributed by atoms with Crippen molar-refractivity contribution in [2.24, 2.45) is 0 Å². The second-order valence-electron chi connectivity index (χ2n) is 3.70. The predicted molar refractivity (Wildman–Crippen MR) is 84.6 cm³/mol. The lowest BCUT2D eigenvalue weighted by Gasteiger charge is -1.99. The van der Waals surface area contributed by atoms with Crippen LogP contribution in [0, 0.1) is 0 Å². The van der Waals surface area contributed by atoms with E-state index in [-0.39, 0.29) is 25.8 Å². The van der Waals surface area contributed by atoms with Crippen molar-refractivity contribution in [3.05, 3.63) is 73.9 Å². The van der Waals surface area contributed by atoms with Crippen LogP contribution < -0.4 is 0 Å². The van der Waals surface area contributed by atoms with Crippen LogP contribution >= 0.6 is 0 Å². The molecule has 0 aliphatic rings. The van der Waals surface area contributed by atoms with Gasteiger partial charge in [-0.3, -0.25) is 0 Å². The van der Waals surface area contributed by atoms with E-state index in [4.69, 9.17) is 4.74 Å². The maximum absolute atomic E-state index is 11.1. The fraction of sp³-hybridized carbons (Fsp3) is 0.176.